The number of aromatic nitrogens is 2. The molecule has 0 radical (unpaired) electrons. The minimum Gasteiger partial charge on any atom is -0.442 e. The Bertz CT molecular complexity index is 1590. The molecule has 1 heterocycles. The van der Waals surface area contributed by atoms with Crippen LogP contribution in [0.4, 0.5) is 15.6 Å². The van der Waals surface area contributed by atoms with E-state index in [2.05, 4.69) is 15.5 Å². The second-order valence-electron chi connectivity index (χ2n) is 9.84. The topological polar surface area (TPSA) is 139 Å². The fourth-order valence-electron chi connectivity index (χ4n) is 4.10. The predicted molar refractivity (Wildman–Crippen MR) is 159 cm³/mol. The highest BCUT2D eigenvalue weighted by atomic mass is 32.2. The van der Waals surface area contributed by atoms with Crippen molar-refractivity contribution < 1.29 is 27.9 Å². The quantitative estimate of drug-likeness (QED) is 0.128. The SMILES string of the molecule is CCCCNC(=O)c1cc(C(=O)c2nnc(N(C(=O)OC(C)(C)CS(=O)O)c3ccccc3)s2)cc2ccccc12. The molecule has 0 aliphatic carbocycles. The van der Waals surface area contributed by atoms with Crippen LogP contribution in [0, 0.1) is 0 Å². The molecular formula is C29H30N4O6S2. The Morgan fingerprint density at radius 1 is 1.05 bits per heavy atom. The molecular weight excluding hydrogens is 564 g/mol. The lowest BCUT2D eigenvalue weighted by Gasteiger charge is -2.27. The van der Waals surface area contributed by atoms with Gasteiger partial charge in [0.15, 0.2) is 16.1 Å². The molecule has 2 amide bonds. The number of para-hydroxylation sites is 1. The van der Waals surface area contributed by atoms with Gasteiger partial charge in [0.2, 0.25) is 10.9 Å². The van der Waals surface area contributed by atoms with Crippen LogP contribution in [0.15, 0.2) is 66.7 Å². The summed E-state index contributed by atoms with van der Waals surface area (Å²) in [6.07, 6.45) is 0.925. The van der Waals surface area contributed by atoms with E-state index in [9.17, 15) is 23.1 Å². The number of benzene rings is 3. The molecule has 3 aromatic carbocycles. The highest BCUT2D eigenvalue weighted by Gasteiger charge is 2.32. The smallest absolute Gasteiger partial charge is 0.421 e. The van der Waals surface area contributed by atoms with E-state index in [-0.39, 0.29) is 27.4 Å². The molecule has 0 fully saturated rings. The van der Waals surface area contributed by atoms with Gasteiger partial charge >= 0.3 is 6.09 Å². The zero-order chi connectivity index (χ0) is 29.6. The molecule has 1 aromatic heterocycles. The minimum atomic E-state index is -2.19. The molecule has 0 bridgehead atoms. The fourth-order valence-corrected chi connectivity index (χ4v) is 5.58. The Morgan fingerprint density at radius 3 is 2.46 bits per heavy atom. The molecule has 0 aliphatic rings. The number of ether oxygens (including phenoxy) is 1. The first kappa shape index (κ1) is 30.0. The van der Waals surface area contributed by atoms with Gasteiger partial charge in [0.1, 0.15) is 5.60 Å². The van der Waals surface area contributed by atoms with E-state index in [1.807, 2.05) is 31.2 Å². The number of hydrogen-bond donors (Lipinski definition) is 2. The van der Waals surface area contributed by atoms with Gasteiger partial charge in [-0.3, -0.25) is 9.59 Å². The van der Waals surface area contributed by atoms with Crippen molar-refractivity contribution in [1.29, 1.82) is 0 Å². The predicted octanol–water partition coefficient (Wildman–Crippen LogP) is 5.73. The van der Waals surface area contributed by atoms with Crippen molar-refractivity contribution in [3.8, 4) is 0 Å². The van der Waals surface area contributed by atoms with Crippen molar-refractivity contribution in [2.75, 3.05) is 17.2 Å². The highest BCUT2D eigenvalue weighted by Crippen LogP contribution is 2.32. The van der Waals surface area contributed by atoms with Gasteiger partial charge in [0.25, 0.3) is 5.91 Å². The first-order valence-electron chi connectivity index (χ1n) is 12.9. The molecule has 41 heavy (non-hydrogen) atoms. The molecule has 1 unspecified atom stereocenters. The largest absolute Gasteiger partial charge is 0.442 e. The Balaban J connectivity index is 1.68. The monoisotopic (exact) mass is 594 g/mol. The summed E-state index contributed by atoms with van der Waals surface area (Å²) >= 11 is -1.30. The van der Waals surface area contributed by atoms with Crippen LogP contribution in [0.5, 0.6) is 0 Å². The molecule has 4 rings (SSSR count). The standard InChI is InChI=1S/C29H30N4O6S2/c1-4-5-15-30-25(35)23-17-20(16-19-11-9-10-14-22(19)23)24(34)26-31-32-27(40-26)33(21-12-7-6-8-13-21)28(36)39-29(2,3)18-41(37)38/h6-14,16-17H,4-5,15,18H2,1-3H3,(H,30,35)(H,37,38). The number of carbonyl (C=O) groups is 3. The second kappa shape index (κ2) is 13.1. The van der Waals surface area contributed by atoms with Crippen LogP contribution in [0.25, 0.3) is 10.8 Å². The third-order valence-electron chi connectivity index (χ3n) is 6.02. The van der Waals surface area contributed by atoms with Crippen LogP contribution in [-0.4, -0.2) is 54.6 Å². The van der Waals surface area contributed by atoms with Crippen molar-refractivity contribution in [3.05, 3.63) is 82.9 Å². The molecule has 1 atom stereocenters. The first-order valence-corrected chi connectivity index (χ1v) is 15.0. The summed E-state index contributed by atoms with van der Waals surface area (Å²) in [5, 5.41) is 12.6. The van der Waals surface area contributed by atoms with Gasteiger partial charge in [0, 0.05) is 17.7 Å². The zero-order valence-corrected chi connectivity index (χ0v) is 24.5. The Morgan fingerprint density at radius 2 is 1.76 bits per heavy atom. The maximum atomic E-state index is 13.6. The molecule has 0 saturated heterocycles. The van der Waals surface area contributed by atoms with Crippen LogP contribution in [0.3, 0.4) is 0 Å². The molecule has 4 aromatic rings. The number of amides is 2. The van der Waals surface area contributed by atoms with Gasteiger partial charge in [0.05, 0.1) is 11.4 Å². The number of nitrogens with one attached hydrogen (secondary N) is 1. The summed E-state index contributed by atoms with van der Waals surface area (Å²) in [4.78, 5) is 41.1. The van der Waals surface area contributed by atoms with Crippen molar-refractivity contribution in [2.24, 2.45) is 0 Å². The van der Waals surface area contributed by atoms with Gasteiger partial charge in [-0.1, -0.05) is 67.1 Å². The van der Waals surface area contributed by atoms with Crippen molar-refractivity contribution in [2.45, 2.75) is 39.2 Å². The number of unbranched alkanes of at least 4 members (excludes halogenated alkanes) is 1. The lowest BCUT2D eigenvalue weighted by Crippen LogP contribution is -2.39. The maximum absolute atomic E-state index is 13.6. The van der Waals surface area contributed by atoms with E-state index in [1.165, 1.54) is 13.8 Å². The third-order valence-corrected chi connectivity index (χ3v) is 7.87. The van der Waals surface area contributed by atoms with Crippen molar-refractivity contribution >= 4 is 61.8 Å². The number of anilines is 2. The first-order chi connectivity index (χ1) is 19.6. The molecule has 0 saturated carbocycles. The molecule has 0 aliphatic heterocycles. The van der Waals surface area contributed by atoms with E-state index in [0.29, 0.717) is 17.8 Å². The highest BCUT2D eigenvalue weighted by molar-refractivity contribution is 7.79. The van der Waals surface area contributed by atoms with Gasteiger partial charge < -0.3 is 14.6 Å². The van der Waals surface area contributed by atoms with E-state index < -0.39 is 28.6 Å². The Hall–Kier alpha value is -4.00. The van der Waals surface area contributed by atoms with E-state index in [1.54, 1.807) is 42.5 Å². The minimum absolute atomic E-state index is 0.0112. The summed E-state index contributed by atoms with van der Waals surface area (Å²) in [5.41, 5.74) is -0.213. The number of rotatable bonds is 11. The molecule has 10 nitrogen and oxygen atoms in total. The summed E-state index contributed by atoms with van der Waals surface area (Å²) in [5.74, 6) is -1.02. The molecule has 214 valence electrons. The number of ketones is 1. The molecule has 12 heteroatoms. The number of fused-ring (bicyclic) bond motifs is 1. The summed E-state index contributed by atoms with van der Waals surface area (Å²) in [6, 6.07) is 19.1. The van der Waals surface area contributed by atoms with Crippen LogP contribution >= 0.6 is 11.3 Å². The van der Waals surface area contributed by atoms with Crippen LogP contribution < -0.4 is 10.2 Å². The van der Waals surface area contributed by atoms with E-state index in [4.69, 9.17) is 4.74 Å². The maximum Gasteiger partial charge on any atom is 0.421 e. The van der Waals surface area contributed by atoms with E-state index in [0.717, 1.165) is 39.9 Å². The second-order valence-corrected chi connectivity index (χ2v) is 11.7. The number of nitrogens with zero attached hydrogens (tertiary/aromatic N) is 3. The normalized spacial score (nSPS) is 12.1. The van der Waals surface area contributed by atoms with Crippen molar-refractivity contribution in [3.63, 3.8) is 0 Å². The van der Waals surface area contributed by atoms with Crippen LogP contribution in [-0.2, 0) is 15.8 Å². The van der Waals surface area contributed by atoms with Crippen molar-refractivity contribution in [1.82, 2.24) is 15.5 Å². The van der Waals surface area contributed by atoms with Crippen LogP contribution in [0.1, 0.15) is 59.3 Å². The summed E-state index contributed by atoms with van der Waals surface area (Å²) < 4.78 is 26.2. The van der Waals surface area contributed by atoms with Gasteiger partial charge in [-0.2, -0.15) is 0 Å². The lowest BCUT2D eigenvalue weighted by atomic mass is 9.98. The Labute approximate surface area is 244 Å². The summed E-state index contributed by atoms with van der Waals surface area (Å²) in [7, 11) is 0. The average molecular weight is 595 g/mol. The number of hydrogen-bond acceptors (Lipinski definition) is 8. The lowest BCUT2D eigenvalue weighted by molar-refractivity contribution is 0.0619. The van der Waals surface area contributed by atoms with Gasteiger partial charge in [-0.05, 0) is 55.3 Å². The molecule has 0 spiro atoms. The molecule has 2 N–H and O–H groups in total. The average Bonchev–Trinajstić information content (AvgIpc) is 3.41. The Kier molecular flexibility index (Phi) is 9.58. The number of carbonyl (C=O) groups excluding carboxylic acids is 3. The summed E-state index contributed by atoms with van der Waals surface area (Å²) in [6.45, 7) is 5.60. The zero-order valence-electron chi connectivity index (χ0n) is 22.8. The third kappa shape index (κ3) is 7.40. The van der Waals surface area contributed by atoms with Gasteiger partial charge in [-0.25, -0.2) is 13.9 Å². The fraction of sp³-hybridized carbons (Fsp3) is 0.276. The van der Waals surface area contributed by atoms with E-state index >= 15 is 0 Å². The van der Waals surface area contributed by atoms with Gasteiger partial charge in [-0.15, -0.1) is 10.2 Å². The van der Waals surface area contributed by atoms with Crippen LogP contribution in [0.2, 0.25) is 0 Å².